The first kappa shape index (κ1) is 13.3. The number of amides is 2. The van der Waals surface area contributed by atoms with Gasteiger partial charge in [-0.3, -0.25) is 9.59 Å². The van der Waals surface area contributed by atoms with E-state index in [1.165, 1.54) is 6.42 Å². The van der Waals surface area contributed by atoms with Crippen molar-refractivity contribution in [1.29, 1.82) is 0 Å². The van der Waals surface area contributed by atoms with Crippen molar-refractivity contribution in [3.05, 3.63) is 0 Å². The number of hydrogen-bond donors (Lipinski definition) is 2. The molecule has 0 aromatic carbocycles. The highest BCUT2D eigenvalue weighted by Crippen LogP contribution is 2.26. The molecule has 1 aliphatic carbocycles. The van der Waals surface area contributed by atoms with Crippen molar-refractivity contribution >= 4 is 11.8 Å². The SMILES string of the molecule is CN1CC(NC(=O)C2(N)CCCCC2)CCC1=O. The fourth-order valence-electron chi connectivity index (χ4n) is 2.87. The molecule has 2 fully saturated rings. The molecule has 102 valence electrons. The van der Waals surface area contributed by atoms with Gasteiger partial charge in [0.15, 0.2) is 0 Å². The molecule has 5 nitrogen and oxygen atoms in total. The van der Waals surface area contributed by atoms with Gasteiger partial charge in [0, 0.05) is 26.1 Å². The van der Waals surface area contributed by atoms with Crippen molar-refractivity contribution in [2.45, 2.75) is 56.5 Å². The van der Waals surface area contributed by atoms with Crippen molar-refractivity contribution < 1.29 is 9.59 Å². The Labute approximate surface area is 108 Å². The van der Waals surface area contributed by atoms with Crippen LogP contribution < -0.4 is 11.1 Å². The number of likely N-dealkylation sites (N-methyl/N-ethyl adjacent to an activating group) is 1. The maximum absolute atomic E-state index is 12.2. The lowest BCUT2D eigenvalue weighted by Gasteiger charge is -2.36. The van der Waals surface area contributed by atoms with Crippen molar-refractivity contribution in [2.75, 3.05) is 13.6 Å². The molecular formula is C13H23N3O2. The molecule has 1 unspecified atom stereocenters. The Morgan fingerprint density at radius 1 is 1.39 bits per heavy atom. The fourth-order valence-corrected chi connectivity index (χ4v) is 2.87. The minimum atomic E-state index is -0.682. The van der Waals surface area contributed by atoms with Gasteiger partial charge in [0.05, 0.1) is 5.54 Å². The lowest BCUT2D eigenvalue weighted by atomic mass is 9.81. The van der Waals surface area contributed by atoms with Gasteiger partial charge in [-0.1, -0.05) is 19.3 Å². The Bertz CT molecular complexity index is 337. The van der Waals surface area contributed by atoms with E-state index in [1.54, 1.807) is 11.9 Å². The standard InChI is InChI=1S/C13H23N3O2/c1-16-9-10(5-6-11(16)17)15-12(18)13(14)7-3-2-4-8-13/h10H,2-9,14H2,1H3,(H,15,18). The molecule has 2 aliphatic rings. The number of carbonyl (C=O) groups excluding carboxylic acids is 2. The summed E-state index contributed by atoms with van der Waals surface area (Å²) in [6.07, 6.45) is 6.04. The second kappa shape index (κ2) is 5.26. The summed E-state index contributed by atoms with van der Waals surface area (Å²) in [5, 5.41) is 3.02. The number of carbonyl (C=O) groups is 2. The average Bonchev–Trinajstić information content (AvgIpc) is 2.35. The quantitative estimate of drug-likeness (QED) is 0.747. The number of rotatable bonds is 2. The van der Waals surface area contributed by atoms with Crippen molar-refractivity contribution in [3.8, 4) is 0 Å². The largest absolute Gasteiger partial charge is 0.350 e. The van der Waals surface area contributed by atoms with Crippen molar-refractivity contribution in [3.63, 3.8) is 0 Å². The van der Waals surface area contributed by atoms with Gasteiger partial charge >= 0.3 is 0 Å². The van der Waals surface area contributed by atoms with Crippen LogP contribution >= 0.6 is 0 Å². The number of nitrogens with one attached hydrogen (secondary N) is 1. The summed E-state index contributed by atoms with van der Waals surface area (Å²) in [5.74, 6) is 0.121. The molecule has 1 atom stereocenters. The molecule has 18 heavy (non-hydrogen) atoms. The molecule has 5 heteroatoms. The van der Waals surface area contributed by atoms with E-state index >= 15 is 0 Å². The van der Waals surface area contributed by atoms with Crippen LogP contribution in [0.3, 0.4) is 0 Å². The zero-order valence-corrected chi connectivity index (χ0v) is 11.1. The van der Waals surface area contributed by atoms with E-state index in [-0.39, 0.29) is 17.9 Å². The third-order valence-corrected chi connectivity index (χ3v) is 4.16. The van der Waals surface area contributed by atoms with E-state index in [9.17, 15) is 9.59 Å². The summed E-state index contributed by atoms with van der Waals surface area (Å²) in [6.45, 7) is 0.598. The molecule has 1 aliphatic heterocycles. The first-order valence-electron chi connectivity index (χ1n) is 6.85. The highest BCUT2D eigenvalue weighted by atomic mass is 16.2. The number of likely N-dealkylation sites (tertiary alicyclic amines) is 1. The number of piperidine rings is 1. The van der Waals surface area contributed by atoms with Gasteiger partial charge in [-0.15, -0.1) is 0 Å². The molecule has 0 spiro atoms. The van der Waals surface area contributed by atoms with E-state index in [1.807, 2.05) is 0 Å². The molecule has 0 aromatic rings. The second-order valence-corrected chi connectivity index (χ2v) is 5.70. The van der Waals surface area contributed by atoms with E-state index in [2.05, 4.69) is 5.32 Å². The number of nitrogens with two attached hydrogens (primary N) is 1. The van der Waals surface area contributed by atoms with Crippen LogP contribution in [0.4, 0.5) is 0 Å². The molecule has 2 rings (SSSR count). The predicted octanol–water partition coefficient (Wildman–Crippen LogP) is 0.385. The van der Waals surface area contributed by atoms with E-state index in [4.69, 9.17) is 5.73 Å². The maximum atomic E-state index is 12.2. The van der Waals surface area contributed by atoms with Crippen LogP contribution in [-0.2, 0) is 9.59 Å². The average molecular weight is 253 g/mol. The Hall–Kier alpha value is -1.10. The van der Waals surface area contributed by atoms with Gasteiger partial charge in [-0.05, 0) is 19.3 Å². The fraction of sp³-hybridized carbons (Fsp3) is 0.846. The van der Waals surface area contributed by atoms with Crippen LogP contribution in [0.5, 0.6) is 0 Å². The normalized spacial score (nSPS) is 28.0. The summed E-state index contributed by atoms with van der Waals surface area (Å²) in [7, 11) is 1.78. The van der Waals surface area contributed by atoms with Gasteiger partial charge in [-0.25, -0.2) is 0 Å². The third-order valence-electron chi connectivity index (χ3n) is 4.16. The summed E-state index contributed by atoms with van der Waals surface area (Å²) in [6, 6.07) is 0.0579. The molecule has 0 radical (unpaired) electrons. The topological polar surface area (TPSA) is 75.4 Å². The highest BCUT2D eigenvalue weighted by Gasteiger charge is 2.37. The summed E-state index contributed by atoms with van der Waals surface area (Å²) in [5.41, 5.74) is 5.51. The molecule has 2 amide bonds. The Morgan fingerprint density at radius 2 is 2.06 bits per heavy atom. The molecular weight excluding hydrogens is 230 g/mol. The van der Waals surface area contributed by atoms with Crippen LogP contribution in [0.1, 0.15) is 44.9 Å². The zero-order chi connectivity index (χ0) is 13.2. The lowest BCUT2D eigenvalue weighted by Crippen LogP contribution is -2.59. The van der Waals surface area contributed by atoms with Crippen LogP contribution in [0.2, 0.25) is 0 Å². The van der Waals surface area contributed by atoms with E-state index in [0.29, 0.717) is 13.0 Å². The van der Waals surface area contributed by atoms with Crippen LogP contribution in [0.15, 0.2) is 0 Å². The van der Waals surface area contributed by atoms with Crippen LogP contribution in [0, 0.1) is 0 Å². The minimum Gasteiger partial charge on any atom is -0.350 e. The molecule has 0 aromatic heterocycles. The maximum Gasteiger partial charge on any atom is 0.240 e. The lowest BCUT2D eigenvalue weighted by molar-refractivity contribution is -0.135. The first-order valence-corrected chi connectivity index (χ1v) is 6.85. The molecule has 0 bridgehead atoms. The summed E-state index contributed by atoms with van der Waals surface area (Å²) in [4.78, 5) is 25.3. The Balaban J connectivity index is 1.89. The van der Waals surface area contributed by atoms with E-state index in [0.717, 1.165) is 32.1 Å². The van der Waals surface area contributed by atoms with E-state index < -0.39 is 5.54 Å². The van der Waals surface area contributed by atoms with Gasteiger partial charge in [0.2, 0.25) is 11.8 Å². The van der Waals surface area contributed by atoms with Crippen molar-refractivity contribution in [1.82, 2.24) is 10.2 Å². The Morgan fingerprint density at radius 3 is 2.67 bits per heavy atom. The molecule has 1 heterocycles. The molecule has 1 saturated heterocycles. The van der Waals surface area contributed by atoms with Gasteiger partial charge in [-0.2, -0.15) is 0 Å². The molecule has 1 saturated carbocycles. The Kier molecular flexibility index (Phi) is 3.90. The van der Waals surface area contributed by atoms with Crippen molar-refractivity contribution in [2.24, 2.45) is 5.73 Å². The third kappa shape index (κ3) is 2.83. The highest BCUT2D eigenvalue weighted by molar-refractivity contribution is 5.86. The summed E-state index contributed by atoms with van der Waals surface area (Å²) < 4.78 is 0. The minimum absolute atomic E-state index is 0.0325. The molecule has 3 N–H and O–H groups in total. The van der Waals surface area contributed by atoms with Gasteiger partial charge in [0.1, 0.15) is 0 Å². The second-order valence-electron chi connectivity index (χ2n) is 5.70. The number of hydrogen-bond acceptors (Lipinski definition) is 3. The van der Waals surface area contributed by atoms with Gasteiger partial charge in [0.25, 0.3) is 0 Å². The van der Waals surface area contributed by atoms with Gasteiger partial charge < -0.3 is 16.0 Å². The smallest absolute Gasteiger partial charge is 0.240 e. The monoisotopic (exact) mass is 253 g/mol. The summed E-state index contributed by atoms with van der Waals surface area (Å²) >= 11 is 0. The van der Waals surface area contributed by atoms with Crippen LogP contribution in [-0.4, -0.2) is 41.9 Å². The number of nitrogens with zero attached hydrogens (tertiary/aromatic N) is 1. The first-order chi connectivity index (χ1) is 8.51. The van der Waals surface area contributed by atoms with Crippen LogP contribution in [0.25, 0.3) is 0 Å². The zero-order valence-electron chi connectivity index (χ0n) is 11.1. The predicted molar refractivity (Wildman–Crippen MR) is 68.8 cm³/mol.